The minimum Gasteiger partial charge on any atom is -0.303 e. The van der Waals surface area contributed by atoms with Crippen LogP contribution in [0.15, 0.2) is 10.7 Å². The average molecular weight is 252 g/mol. The summed E-state index contributed by atoms with van der Waals surface area (Å²) in [7, 11) is 3.73. The third kappa shape index (κ3) is 2.58. The van der Waals surface area contributed by atoms with E-state index in [-0.39, 0.29) is 5.28 Å². The van der Waals surface area contributed by atoms with Crippen molar-refractivity contribution < 1.29 is 0 Å². The molecule has 12 heavy (non-hydrogen) atoms. The predicted octanol–water partition coefficient (Wildman–Crippen LogP) is 1.78. The van der Waals surface area contributed by atoms with Crippen LogP contribution in [0.1, 0.15) is 0 Å². The van der Waals surface area contributed by atoms with Gasteiger partial charge in [0.15, 0.2) is 5.82 Å². The first-order chi connectivity index (χ1) is 5.59. The maximum absolute atomic E-state index is 5.60. The quantitative estimate of drug-likeness (QED) is 0.643. The Hall–Kier alpha value is -0.390. The molecule has 0 saturated carbocycles. The van der Waals surface area contributed by atoms with Crippen LogP contribution in [0.3, 0.4) is 0 Å². The molecular formula is C6H8BrClN4. The molecule has 1 rings (SSSR count). The second kappa shape index (κ2) is 4.02. The molecule has 0 aromatic carbocycles. The van der Waals surface area contributed by atoms with E-state index in [0.29, 0.717) is 5.82 Å². The molecule has 0 amide bonds. The summed E-state index contributed by atoms with van der Waals surface area (Å²) in [5.41, 5.74) is 2.96. The van der Waals surface area contributed by atoms with Crippen molar-refractivity contribution in [3.8, 4) is 0 Å². The van der Waals surface area contributed by atoms with E-state index in [1.807, 2.05) is 14.1 Å². The van der Waals surface area contributed by atoms with Gasteiger partial charge in [-0.05, 0) is 27.5 Å². The van der Waals surface area contributed by atoms with Crippen LogP contribution in [0.2, 0.25) is 5.28 Å². The molecule has 0 aliphatic carbocycles. The number of aromatic nitrogens is 2. The van der Waals surface area contributed by atoms with Crippen molar-refractivity contribution >= 4 is 33.3 Å². The maximum atomic E-state index is 5.60. The normalized spacial score (nSPS) is 10.4. The monoisotopic (exact) mass is 250 g/mol. The van der Waals surface area contributed by atoms with Gasteiger partial charge in [-0.2, -0.15) is 4.98 Å². The summed E-state index contributed by atoms with van der Waals surface area (Å²) in [4.78, 5) is 7.76. The standard InChI is InChI=1S/C6H8BrClN4/c1-12(2)11-5-4(7)3-9-6(8)10-5/h3H,1-2H3,(H,9,10,11). The second-order valence-electron chi connectivity index (χ2n) is 2.34. The van der Waals surface area contributed by atoms with E-state index in [4.69, 9.17) is 11.6 Å². The Bertz CT molecular complexity index is 278. The van der Waals surface area contributed by atoms with E-state index in [1.54, 1.807) is 11.2 Å². The Morgan fingerprint density at radius 1 is 1.58 bits per heavy atom. The number of nitrogens with one attached hydrogen (secondary N) is 1. The smallest absolute Gasteiger partial charge is 0.224 e. The summed E-state index contributed by atoms with van der Waals surface area (Å²) < 4.78 is 0.778. The number of anilines is 1. The summed E-state index contributed by atoms with van der Waals surface area (Å²) in [6.45, 7) is 0. The van der Waals surface area contributed by atoms with E-state index in [1.165, 1.54) is 0 Å². The second-order valence-corrected chi connectivity index (χ2v) is 3.53. The van der Waals surface area contributed by atoms with Crippen LogP contribution < -0.4 is 5.43 Å². The van der Waals surface area contributed by atoms with Gasteiger partial charge in [-0.25, -0.2) is 9.99 Å². The molecule has 4 nitrogen and oxygen atoms in total. The van der Waals surface area contributed by atoms with Crippen molar-refractivity contribution in [2.45, 2.75) is 0 Å². The van der Waals surface area contributed by atoms with Gasteiger partial charge in [0.25, 0.3) is 0 Å². The SMILES string of the molecule is CN(C)Nc1nc(Cl)ncc1Br. The van der Waals surface area contributed by atoms with Crippen LogP contribution in [-0.4, -0.2) is 29.1 Å². The fourth-order valence-electron chi connectivity index (χ4n) is 0.636. The number of hydrazine groups is 1. The molecule has 0 fully saturated rings. The van der Waals surface area contributed by atoms with Crippen molar-refractivity contribution in [3.05, 3.63) is 16.0 Å². The Kier molecular flexibility index (Phi) is 3.25. The molecule has 0 bridgehead atoms. The minimum absolute atomic E-state index is 0.225. The van der Waals surface area contributed by atoms with Gasteiger partial charge in [0.05, 0.1) is 4.47 Å². The van der Waals surface area contributed by atoms with Crippen molar-refractivity contribution in [3.63, 3.8) is 0 Å². The lowest BCUT2D eigenvalue weighted by atomic mass is 10.6. The molecule has 1 aromatic heterocycles. The molecule has 0 atom stereocenters. The van der Waals surface area contributed by atoms with Gasteiger partial charge in [-0.3, -0.25) is 0 Å². The van der Waals surface area contributed by atoms with Gasteiger partial charge < -0.3 is 5.43 Å². The number of hydrogen-bond acceptors (Lipinski definition) is 4. The van der Waals surface area contributed by atoms with Crippen LogP contribution in [0.5, 0.6) is 0 Å². The van der Waals surface area contributed by atoms with E-state index < -0.39 is 0 Å². The highest BCUT2D eigenvalue weighted by Gasteiger charge is 2.02. The Morgan fingerprint density at radius 2 is 2.25 bits per heavy atom. The third-order valence-corrected chi connectivity index (χ3v) is 1.81. The van der Waals surface area contributed by atoms with Crippen molar-refractivity contribution in [2.24, 2.45) is 0 Å². The van der Waals surface area contributed by atoms with Crippen LogP contribution in [-0.2, 0) is 0 Å². The lowest BCUT2D eigenvalue weighted by Crippen LogP contribution is -2.20. The fraction of sp³-hybridized carbons (Fsp3) is 0.333. The number of nitrogens with zero attached hydrogens (tertiary/aromatic N) is 3. The zero-order chi connectivity index (χ0) is 9.14. The summed E-state index contributed by atoms with van der Waals surface area (Å²) >= 11 is 8.88. The van der Waals surface area contributed by atoms with Crippen LogP contribution in [0.25, 0.3) is 0 Å². The molecular weight excluding hydrogens is 243 g/mol. The van der Waals surface area contributed by atoms with E-state index in [0.717, 1.165) is 4.47 Å². The first-order valence-electron chi connectivity index (χ1n) is 3.21. The molecule has 1 N–H and O–H groups in total. The first kappa shape index (κ1) is 9.70. The van der Waals surface area contributed by atoms with Gasteiger partial charge in [0.1, 0.15) is 0 Å². The molecule has 6 heteroatoms. The van der Waals surface area contributed by atoms with Crippen molar-refractivity contribution in [1.82, 2.24) is 15.0 Å². The molecule has 1 heterocycles. The van der Waals surface area contributed by atoms with Gasteiger partial charge in [0.2, 0.25) is 5.28 Å². The molecule has 66 valence electrons. The first-order valence-corrected chi connectivity index (χ1v) is 4.38. The summed E-state index contributed by atoms with van der Waals surface area (Å²) in [6.07, 6.45) is 1.60. The lowest BCUT2D eigenvalue weighted by Gasteiger charge is -2.13. The molecule has 0 radical (unpaired) electrons. The van der Waals surface area contributed by atoms with E-state index >= 15 is 0 Å². The lowest BCUT2D eigenvalue weighted by molar-refractivity contribution is 0.491. The summed E-state index contributed by atoms with van der Waals surface area (Å²) in [5.74, 6) is 0.653. The van der Waals surface area contributed by atoms with E-state index in [2.05, 4.69) is 31.3 Å². The summed E-state index contributed by atoms with van der Waals surface area (Å²) in [6, 6.07) is 0. The van der Waals surface area contributed by atoms with Crippen LogP contribution in [0.4, 0.5) is 5.82 Å². The van der Waals surface area contributed by atoms with Crippen LogP contribution >= 0.6 is 27.5 Å². The Labute approximate surface area is 84.1 Å². The average Bonchev–Trinajstić information content (AvgIpc) is 1.96. The summed E-state index contributed by atoms with van der Waals surface area (Å²) in [5, 5.41) is 1.99. The minimum atomic E-state index is 0.225. The van der Waals surface area contributed by atoms with Gasteiger partial charge in [-0.1, -0.05) is 0 Å². The van der Waals surface area contributed by atoms with Gasteiger partial charge in [0, 0.05) is 20.3 Å². The molecule has 1 aromatic rings. The number of hydrogen-bond donors (Lipinski definition) is 1. The van der Waals surface area contributed by atoms with Gasteiger partial charge in [-0.15, -0.1) is 0 Å². The fourth-order valence-corrected chi connectivity index (χ4v) is 1.05. The largest absolute Gasteiger partial charge is 0.303 e. The number of rotatable bonds is 2. The zero-order valence-electron chi connectivity index (χ0n) is 6.67. The molecule has 0 saturated heterocycles. The Morgan fingerprint density at radius 3 is 2.83 bits per heavy atom. The predicted molar refractivity (Wildman–Crippen MR) is 52.1 cm³/mol. The molecule has 0 spiro atoms. The van der Waals surface area contributed by atoms with E-state index in [9.17, 15) is 0 Å². The van der Waals surface area contributed by atoms with Gasteiger partial charge >= 0.3 is 0 Å². The molecule has 0 aliphatic heterocycles. The van der Waals surface area contributed by atoms with Crippen LogP contribution in [0, 0.1) is 0 Å². The topological polar surface area (TPSA) is 41.0 Å². The molecule has 0 unspecified atom stereocenters. The third-order valence-electron chi connectivity index (χ3n) is 1.04. The maximum Gasteiger partial charge on any atom is 0.224 e. The highest BCUT2D eigenvalue weighted by Crippen LogP contribution is 2.19. The van der Waals surface area contributed by atoms with Crippen molar-refractivity contribution in [2.75, 3.05) is 19.5 Å². The Balaban J connectivity index is 2.90. The highest BCUT2D eigenvalue weighted by atomic mass is 79.9. The number of halogens is 2. The highest BCUT2D eigenvalue weighted by molar-refractivity contribution is 9.10. The van der Waals surface area contributed by atoms with Crippen molar-refractivity contribution in [1.29, 1.82) is 0 Å². The molecule has 0 aliphatic rings. The zero-order valence-corrected chi connectivity index (χ0v) is 9.02.